The van der Waals surface area contributed by atoms with Gasteiger partial charge in [0.05, 0.1) is 24.4 Å². The second kappa shape index (κ2) is 21.7. The van der Waals surface area contributed by atoms with Crippen molar-refractivity contribution in [3.8, 4) is 0 Å². The summed E-state index contributed by atoms with van der Waals surface area (Å²) in [6, 6.07) is -1.04. The number of carbonyl (C=O) groups excluding carboxylic acids is 4. The smallest absolute Gasteiger partial charge is 0.329 e. The summed E-state index contributed by atoms with van der Waals surface area (Å²) < 4.78 is 30.4. The van der Waals surface area contributed by atoms with E-state index in [0.29, 0.717) is 70.8 Å². The molecule has 2 N–H and O–H groups in total. The molecule has 57 heavy (non-hydrogen) atoms. The molecule has 2 bridgehead atoms. The van der Waals surface area contributed by atoms with E-state index in [1.807, 2.05) is 34.6 Å². The number of hydrogen-bond donors (Lipinski definition) is 2. The molecule has 1 saturated carbocycles. The molecule has 3 heterocycles. The number of rotatable bonds is 8. The highest BCUT2D eigenvalue weighted by molar-refractivity contribution is 6.39. The van der Waals surface area contributed by atoms with E-state index in [2.05, 4.69) is 19.1 Å². The number of aliphatic hydroxyl groups excluding tert-OH is 1. The summed E-state index contributed by atoms with van der Waals surface area (Å²) in [4.78, 5) is 57.8. The van der Waals surface area contributed by atoms with Gasteiger partial charge in [-0.2, -0.15) is 0 Å². The number of hydrogen-bond acceptors (Lipinski definition) is 11. The van der Waals surface area contributed by atoms with E-state index in [9.17, 15) is 29.4 Å². The minimum atomic E-state index is -2.46. The molecule has 3 fully saturated rings. The van der Waals surface area contributed by atoms with E-state index in [0.717, 1.165) is 24.0 Å². The monoisotopic (exact) mass is 804 g/mol. The van der Waals surface area contributed by atoms with Crippen LogP contribution in [0.3, 0.4) is 0 Å². The second-order valence-corrected chi connectivity index (χ2v) is 17.7. The third kappa shape index (κ3) is 11.8. The van der Waals surface area contributed by atoms with Crippen LogP contribution in [0.15, 0.2) is 23.3 Å². The molecule has 13 unspecified atom stereocenters. The maximum absolute atomic E-state index is 14.3. The van der Waals surface area contributed by atoms with Gasteiger partial charge in [0, 0.05) is 45.6 Å². The number of nitrogens with zero attached hydrogens (tertiary/aromatic N) is 1. The highest BCUT2D eigenvalue weighted by atomic mass is 16.7. The number of amides is 1. The molecule has 4 aliphatic rings. The number of piperidine rings is 1. The maximum atomic E-state index is 14.3. The summed E-state index contributed by atoms with van der Waals surface area (Å²) in [5.41, 5.74) is 1.92. The van der Waals surface area contributed by atoms with Crippen LogP contribution >= 0.6 is 0 Å². The van der Waals surface area contributed by atoms with Crippen LogP contribution in [0, 0.1) is 29.6 Å². The van der Waals surface area contributed by atoms with Crippen molar-refractivity contribution < 1.29 is 53.1 Å². The molecule has 2 saturated heterocycles. The molecule has 4 rings (SSSR count). The van der Waals surface area contributed by atoms with Crippen molar-refractivity contribution in [3.63, 3.8) is 0 Å². The van der Waals surface area contributed by atoms with Crippen molar-refractivity contribution in [1.29, 1.82) is 0 Å². The van der Waals surface area contributed by atoms with Crippen LogP contribution in [0.1, 0.15) is 132 Å². The van der Waals surface area contributed by atoms with Gasteiger partial charge in [-0.05, 0) is 114 Å². The number of aliphatic hydroxyl groups is 2. The van der Waals surface area contributed by atoms with Crippen LogP contribution in [0.4, 0.5) is 0 Å². The first-order chi connectivity index (χ1) is 27.1. The molecule has 13 atom stereocenters. The predicted octanol–water partition coefficient (Wildman–Crippen LogP) is 6.28. The number of carbonyl (C=O) groups is 4. The molecule has 3 aliphatic heterocycles. The van der Waals surface area contributed by atoms with E-state index in [1.165, 1.54) is 4.90 Å². The van der Waals surface area contributed by atoms with Gasteiger partial charge >= 0.3 is 5.97 Å². The van der Waals surface area contributed by atoms with E-state index < -0.39 is 65.9 Å². The van der Waals surface area contributed by atoms with Crippen molar-refractivity contribution in [2.24, 2.45) is 29.6 Å². The van der Waals surface area contributed by atoms with Crippen LogP contribution in [0.2, 0.25) is 0 Å². The van der Waals surface area contributed by atoms with Crippen molar-refractivity contribution in [2.75, 3.05) is 27.4 Å². The zero-order chi connectivity index (χ0) is 42.0. The Bertz CT molecular complexity index is 1430. The van der Waals surface area contributed by atoms with Gasteiger partial charge < -0.3 is 38.8 Å². The van der Waals surface area contributed by atoms with Gasteiger partial charge in [-0.3, -0.25) is 14.4 Å². The average molecular weight is 804 g/mol. The van der Waals surface area contributed by atoms with E-state index in [1.54, 1.807) is 21.1 Å². The summed E-state index contributed by atoms with van der Waals surface area (Å²) >= 11 is 0. The quantitative estimate of drug-likeness (QED) is 0.162. The lowest BCUT2D eigenvalue weighted by molar-refractivity contribution is -0.302. The molecular weight excluding hydrogens is 730 g/mol. The van der Waals surface area contributed by atoms with Gasteiger partial charge in [0.25, 0.3) is 11.7 Å². The lowest BCUT2D eigenvalue weighted by Crippen LogP contribution is -2.64. The number of Topliss-reactive ketones (excluding diaryl/α,β-unsaturated/α-hetero) is 2. The number of fused-ring (bicyclic) bond motifs is 3. The van der Waals surface area contributed by atoms with Gasteiger partial charge in [-0.15, -0.1) is 0 Å². The van der Waals surface area contributed by atoms with Gasteiger partial charge in [-0.1, -0.05) is 52.3 Å². The summed E-state index contributed by atoms with van der Waals surface area (Å²) in [6.07, 6.45) is 8.04. The topological polar surface area (TPSA) is 158 Å². The highest BCUT2D eigenvalue weighted by Crippen LogP contribution is 2.39. The zero-order valence-corrected chi connectivity index (χ0v) is 36.2. The number of cyclic esters (lactones) is 1. The second-order valence-electron chi connectivity index (χ2n) is 17.7. The minimum Gasteiger partial charge on any atom is -0.456 e. The third-order valence-electron chi connectivity index (χ3n) is 13.0. The Morgan fingerprint density at radius 3 is 2.33 bits per heavy atom. The van der Waals surface area contributed by atoms with Crippen molar-refractivity contribution in [1.82, 2.24) is 4.90 Å². The third-order valence-corrected chi connectivity index (χ3v) is 13.0. The highest BCUT2D eigenvalue weighted by Gasteiger charge is 2.56. The van der Waals surface area contributed by atoms with E-state index in [4.69, 9.17) is 23.7 Å². The number of esters is 1. The molecular formula is C45H73NO11. The molecule has 0 aromatic heterocycles. The van der Waals surface area contributed by atoms with Crippen LogP contribution < -0.4 is 0 Å². The summed E-state index contributed by atoms with van der Waals surface area (Å²) in [5, 5.41) is 22.7. The van der Waals surface area contributed by atoms with Crippen LogP contribution in [-0.2, 0) is 42.9 Å². The van der Waals surface area contributed by atoms with Gasteiger partial charge in [0.2, 0.25) is 5.79 Å². The maximum Gasteiger partial charge on any atom is 0.329 e. The van der Waals surface area contributed by atoms with E-state index in [-0.39, 0.29) is 48.5 Å². The Morgan fingerprint density at radius 1 is 0.965 bits per heavy atom. The van der Waals surface area contributed by atoms with Crippen LogP contribution in [0.5, 0.6) is 0 Å². The standard InChI is InChI=1S/C45H73NO11/c1-10-20-55-37-26-32(16-18-36(37)48)24-30(6)40-29(5)15-17-35(47)33(11-2)22-27(3)21-28(4)23-38(53-8)41-39(54-9)25-31(7)45(52,57-41)42(49)43(50)46-19-13-12-14-34(46)44(51)56-40/h22,24,28-29,31-34,36-41,48,52H,10-21,23,25-26H2,1-9H3. The molecule has 0 aromatic carbocycles. The van der Waals surface area contributed by atoms with Crippen molar-refractivity contribution in [3.05, 3.63) is 23.3 Å². The van der Waals surface area contributed by atoms with E-state index >= 15 is 0 Å². The van der Waals surface area contributed by atoms with Gasteiger partial charge in [0.15, 0.2) is 0 Å². The van der Waals surface area contributed by atoms with Gasteiger partial charge in [-0.25, -0.2) is 4.79 Å². The Hall–Kier alpha value is -2.48. The first kappa shape index (κ1) is 47.2. The summed E-state index contributed by atoms with van der Waals surface area (Å²) in [6.45, 7) is 14.5. The number of ketones is 2. The lowest BCUT2D eigenvalue weighted by atomic mass is 9.82. The Balaban J connectivity index is 1.72. The Labute approximate surface area is 341 Å². The van der Waals surface area contributed by atoms with Crippen molar-refractivity contribution in [2.45, 2.75) is 180 Å². The fourth-order valence-electron chi connectivity index (χ4n) is 9.59. The lowest BCUT2D eigenvalue weighted by Gasteiger charge is -2.47. The number of allylic oxidation sites excluding steroid dienone is 3. The summed E-state index contributed by atoms with van der Waals surface area (Å²) in [7, 11) is 3.11. The average Bonchev–Trinajstić information content (AvgIpc) is 3.19. The molecule has 12 nitrogen and oxygen atoms in total. The largest absolute Gasteiger partial charge is 0.456 e. The SMILES string of the molecule is CCCOC1CC(C=C(C)C2OC(=O)C3CCCCN3C(=O)C(=O)C3(O)OC(C(OC)CC(C)CC(C)=CC(CC)C(=O)CCC2C)C(OC)CC3C)CCC1O. The molecule has 12 heteroatoms. The first-order valence-corrected chi connectivity index (χ1v) is 21.8. The minimum absolute atomic E-state index is 0.0903. The van der Waals surface area contributed by atoms with Crippen LogP contribution in [0.25, 0.3) is 0 Å². The summed E-state index contributed by atoms with van der Waals surface area (Å²) in [5.74, 6) is -6.16. The van der Waals surface area contributed by atoms with Crippen molar-refractivity contribution >= 4 is 23.4 Å². The zero-order valence-electron chi connectivity index (χ0n) is 36.2. The fourth-order valence-corrected chi connectivity index (χ4v) is 9.59. The molecule has 0 aromatic rings. The molecule has 324 valence electrons. The molecule has 1 aliphatic carbocycles. The normalized spacial score (nSPS) is 38.8. The molecule has 1 amide bonds. The van der Waals surface area contributed by atoms with Crippen LogP contribution in [-0.4, -0.2) is 114 Å². The fraction of sp³-hybridized carbons (Fsp3) is 0.822. The van der Waals surface area contributed by atoms with Gasteiger partial charge in [0.1, 0.15) is 24.0 Å². The Morgan fingerprint density at radius 2 is 1.67 bits per heavy atom. The molecule has 0 spiro atoms. The number of ether oxygens (including phenoxy) is 5. The number of methoxy groups -OCH3 is 2. The first-order valence-electron chi connectivity index (χ1n) is 21.8. The Kier molecular flexibility index (Phi) is 18.0. The molecule has 0 radical (unpaired) electrons. The predicted molar refractivity (Wildman–Crippen MR) is 216 cm³/mol.